The van der Waals surface area contributed by atoms with Crippen LogP contribution in [0.5, 0.6) is 5.75 Å². The molecule has 0 fully saturated rings. The molecule has 4 heteroatoms. The van der Waals surface area contributed by atoms with Gasteiger partial charge in [0, 0.05) is 6.07 Å². The fourth-order valence-corrected chi connectivity index (χ4v) is 1.87. The number of ether oxygens (including phenoxy) is 1. The Morgan fingerprint density at radius 2 is 1.89 bits per heavy atom. The van der Waals surface area contributed by atoms with E-state index >= 15 is 0 Å². The first kappa shape index (κ1) is 12.6. The fourth-order valence-electron chi connectivity index (χ4n) is 1.65. The number of methoxy groups -OCH3 is 1. The highest BCUT2D eigenvalue weighted by Gasteiger charge is 2.05. The number of aryl methyl sites for hydroxylation is 1. The average molecular weight is 263 g/mol. The molecule has 2 aromatic rings. The van der Waals surface area contributed by atoms with Crippen LogP contribution < -0.4 is 15.8 Å². The minimum Gasteiger partial charge on any atom is -0.497 e. The van der Waals surface area contributed by atoms with Crippen molar-refractivity contribution in [2.75, 3.05) is 18.2 Å². The predicted octanol–water partition coefficient (Wildman–Crippen LogP) is 3.98. The first-order valence-electron chi connectivity index (χ1n) is 5.57. The lowest BCUT2D eigenvalue weighted by Gasteiger charge is -2.12. The molecule has 0 aliphatic heterocycles. The minimum absolute atomic E-state index is 0.593. The van der Waals surface area contributed by atoms with Gasteiger partial charge in [-0.25, -0.2) is 0 Å². The van der Waals surface area contributed by atoms with E-state index in [4.69, 9.17) is 22.1 Å². The summed E-state index contributed by atoms with van der Waals surface area (Å²) in [6.45, 7) is 2.01. The van der Waals surface area contributed by atoms with Gasteiger partial charge in [-0.2, -0.15) is 0 Å². The van der Waals surface area contributed by atoms with Gasteiger partial charge in [0.2, 0.25) is 0 Å². The number of hydrogen-bond acceptors (Lipinski definition) is 3. The lowest BCUT2D eigenvalue weighted by atomic mass is 10.2. The Bertz CT molecular complexity index is 570. The van der Waals surface area contributed by atoms with Gasteiger partial charge < -0.3 is 15.8 Å². The van der Waals surface area contributed by atoms with Crippen LogP contribution in [0.25, 0.3) is 0 Å². The van der Waals surface area contributed by atoms with Crippen LogP contribution in [-0.4, -0.2) is 7.11 Å². The molecule has 0 spiro atoms. The molecule has 18 heavy (non-hydrogen) atoms. The van der Waals surface area contributed by atoms with Crippen LogP contribution in [0, 0.1) is 6.92 Å². The highest BCUT2D eigenvalue weighted by molar-refractivity contribution is 6.33. The number of halogens is 1. The van der Waals surface area contributed by atoms with E-state index in [2.05, 4.69) is 5.32 Å². The fraction of sp³-hybridized carbons (Fsp3) is 0.143. The van der Waals surface area contributed by atoms with Crippen LogP contribution >= 0.6 is 11.6 Å². The molecular formula is C14H15ClN2O. The number of rotatable bonds is 3. The first-order chi connectivity index (χ1) is 8.60. The van der Waals surface area contributed by atoms with E-state index in [9.17, 15) is 0 Å². The van der Waals surface area contributed by atoms with E-state index in [0.29, 0.717) is 10.7 Å². The summed E-state index contributed by atoms with van der Waals surface area (Å²) < 4.78 is 5.11. The van der Waals surface area contributed by atoms with Gasteiger partial charge in [-0.3, -0.25) is 0 Å². The molecule has 2 aromatic carbocycles. The van der Waals surface area contributed by atoms with Crippen molar-refractivity contribution in [1.82, 2.24) is 0 Å². The van der Waals surface area contributed by atoms with Crippen molar-refractivity contribution in [1.29, 1.82) is 0 Å². The third-order valence-corrected chi connectivity index (χ3v) is 2.97. The SMILES string of the molecule is COc1ccc(Nc2cc(C)ccc2N)c(Cl)c1. The van der Waals surface area contributed by atoms with E-state index < -0.39 is 0 Å². The van der Waals surface area contributed by atoms with Crippen LogP contribution in [-0.2, 0) is 0 Å². The molecular weight excluding hydrogens is 248 g/mol. The van der Waals surface area contributed by atoms with Crippen LogP contribution in [0.3, 0.4) is 0 Å². The zero-order valence-corrected chi connectivity index (χ0v) is 11.1. The molecule has 0 saturated carbocycles. The summed E-state index contributed by atoms with van der Waals surface area (Å²) in [5.74, 6) is 0.725. The molecule has 0 unspecified atom stereocenters. The van der Waals surface area contributed by atoms with E-state index in [1.54, 1.807) is 13.2 Å². The molecule has 0 heterocycles. The zero-order chi connectivity index (χ0) is 13.1. The standard InChI is InChI=1S/C14H15ClN2O/c1-9-3-5-12(16)14(7-9)17-13-6-4-10(18-2)8-11(13)15/h3-8,17H,16H2,1-2H3. The minimum atomic E-state index is 0.593. The number of benzene rings is 2. The van der Waals surface area contributed by atoms with Crippen molar-refractivity contribution in [3.63, 3.8) is 0 Å². The molecule has 94 valence electrons. The third kappa shape index (κ3) is 2.68. The van der Waals surface area contributed by atoms with Crippen LogP contribution in [0.1, 0.15) is 5.56 Å². The zero-order valence-electron chi connectivity index (χ0n) is 10.3. The third-order valence-electron chi connectivity index (χ3n) is 2.65. The van der Waals surface area contributed by atoms with Gasteiger partial charge in [0.25, 0.3) is 0 Å². The molecule has 0 aliphatic rings. The van der Waals surface area contributed by atoms with Crippen molar-refractivity contribution in [3.05, 3.63) is 47.0 Å². The smallest absolute Gasteiger partial charge is 0.120 e. The highest BCUT2D eigenvalue weighted by Crippen LogP contribution is 2.31. The van der Waals surface area contributed by atoms with Gasteiger partial charge in [-0.15, -0.1) is 0 Å². The Kier molecular flexibility index (Phi) is 3.63. The van der Waals surface area contributed by atoms with Crippen molar-refractivity contribution in [2.24, 2.45) is 0 Å². The lowest BCUT2D eigenvalue weighted by molar-refractivity contribution is 0.415. The molecule has 2 rings (SSSR count). The lowest BCUT2D eigenvalue weighted by Crippen LogP contribution is -1.97. The number of nitrogens with one attached hydrogen (secondary N) is 1. The molecule has 0 atom stereocenters. The van der Waals surface area contributed by atoms with Crippen molar-refractivity contribution in [3.8, 4) is 5.75 Å². The second kappa shape index (κ2) is 5.19. The van der Waals surface area contributed by atoms with Gasteiger partial charge in [0.05, 0.1) is 29.2 Å². The topological polar surface area (TPSA) is 47.3 Å². The summed E-state index contributed by atoms with van der Waals surface area (Å²) in [4.78, 5) is 0. The summed E-state index contributed by atoms with van der Waals surface area (Å²) in [6, 6.07) is 11.3. The molecule has 0 bridgehead atoms. The maximum atomic E-state index is 6.17. The van der Waals surface area contributed by atoms with Crippen LogP contribution in [0.15, 0.2) is 36.4 Å². The quantitative estimate of drug-likeness (QED) is 0.823. The second-order valence-electron chi connectivity index (χ2n) is 4.06. The van der Waals surface area contributed by atoms with Gasteiger partial charge in [0.15, 0.2) is 0 Å². The largest absolute Gasteiger partial charge is 0.497 e. The molecule has 3 N–H and O–H groups in total. The molecule has 0 aliphatic carbocycles. The average Bonchev–Trinajstić information content (AvgIpc) is 2.36. The Morgan fingerprint density at radius 3 is 2.56 bits per heavy atom. The van der Waals surface area contributed by atoms with E-state index in [1.807, 2.05) is 37.3 Å². The summed E-state index contributed by atoms with van der Waals surface area (Å²) in [7, 11) is 1.61. The van der Waals surface area contributed by atoms with Gasteiger partial charge in [-0.05, 0) is 36.8 Å². The van der Waals surface area contributed by atoms with Crippen molar-refractivity contribution in [2.45, 2.75) is 6.92 Å². The van der Waals surface area contributed by atoms with E-state index in [-0.39, 0.29) is 0 Å². The first-order valence-corrected chi connectivity index (χ1v) is 5.94. The van der Waals surface area contributed by atoms with Gasteiger partial charge in [-0.1, -0.05) is 17.7 Å². The molecule has 0 aromatic heterocycles. The predicted molar refractivity (Wildman–Crippen MR) is 76.9 cm³/mol. The molecule has 0 amide bonds. The molecule has 0 saturated heterocycles. The number of hydrogen-bond donors (Lipinski definition) is 2. The summed E-state index contributed by atoms with van der Waals surface area (Å²) in [6.07, 6.45) is 0. The highest BCUT2D eigenvalue weighted by atomic mass is 35.5. The summed E-state index contributed by atoms with van der Waals surface area (Å²) >= 11 is 6.17. The Balaban J connectivity index is 2.31. The maximum absolute atomic E-state index is 6.17. The maximum Gasteiger partial charge on any atom is 0.120 e. The Morgan fingerprint density at radius 1 is 1.11 bits per heavy atom. The van der Waals surface area contributed by atoms with Crippen LogP contribution in [0.2, 0.25) is 5.02 Å². The number of nitrogen functional groups attached to an aromatic ring is 1. The summed E-state index contributed by atoms with van der Waals surface area (Å²) in [5.41, 5.74) is 9.39. The molecule has 0 radical (unpaired) electrons. The second-order valence-corrected chi connectivity index (χ2v) is 4.47. The molecule has 3 nitrogen and oxygen atoms in total. The number of nitrogens with two attached hydrogens (primary N) is 1. The summed E-state index contributed by atoms with van der Waals surface area (Å²) in [5, 5.41) is 3.81. The van der Waals surface area contributed by atoms with Crippen molar-refractivity contribution >= 4 is 28.7 Å². The van der Waals surface area contributed by atoms with Gasteiger partial charge in [0.1, 0.15) is 5.75 Å². The Hall–Kier alpha value is -1.87. The van der Waals surface area contributed by atoms with E-state index in [1.165, 1.54) is 0 Å². The monoisotopic (exact) mass is 262 g/mol. The number of anilines is 3. The Labute approximate surface area is 112 Å². The van der Waals surface area contributed by atoms with Crippen molar-refractivity contribution < 1.29 is 4.74 Å². The van der Waals surface area contributed by atoms with Gasteiger partial charge >= 0.3 is 0 Å². The van der Waals surface area contributed by atoms with E-state index in [0.717, 1.165) is 22.7 Å². The van der Waals surface area contributed by atoms with Crippen LogP contribution in [0.4, 0.5) is 17.1 Å². The normalized spacial score (nSPS) is 10.2.